The molecule has 0 radical (unpaired) electrons. The summed E-state index contributed by atoms with van der Waals surface area (Å²) < 4.78 is 0. The van der Waals surface area contributed by atoms with Crippen LogP contribution in [0.3, 0.4) is 0 Å². The largest absolute Gasteiger partial charge is 0.397 e. The number of benzene rings is 1. The maximum absolute atomic E-state index is 5.93. The molecule has 0 fully saturated rings. The Hall–Kier alpha value is -0.990. The van der Waals surface area contributed by atoms with Crippen LogP contribution < -0.4 is 5.73 Å². The van der Waals surface area contributed by atoms with Gasteiger partial charge in [-0.15, -0.1) is 11.3 Å². The molecule has 0 aliphatic carbocycles. The number of nitrogen functional groups attached to an aromatic ring is 1. The van der Waals surface area contributed by atoms with E-state index in [0.29, 0.717) is 10.7 Å². The molecule has 0 amide bonds. The van der Waals surface area contributed by atoms with Crippen LogP contribution in [0.15, 0.2) is 35.7 Å². The molecule has 3 heteroatoms. The molecular weight excluding hydrogens is 214 g/mol. The van der Waals surface area contributed by atoms with E-state index >= 15 is 0 Å². The summed E-state index contributed by atoms with van der Waals surface area (Å²) in [5.74, 6) is 0. The zero-order valence-electron chi connectivity index (χ0n) is 7.53. The predicted octanol–water partition coefficient (Wildman–Crippen LogP) is 3.57. The van der Waals surface area contributed by atoms with Crippen LogP contribution in [0.1, 0.15) is 10.4 Å². The molecule has 0 aliphatic heterocycles. The normalized spacial score (nSPS) is 10.4. The maximum Gasteiger partial charge on any atom is 0.0638 e. The van der Waals surface area contributed by atoms with Gasteiger partial charge in [0.15, 0.2) is 0 Å². The lowest BCUT2D eigenvalue weighted by Gasteiger charge is -2.05. The van der Waals surface area contributed by atoms with E-state index in [2.05, 4.69) is 11.4 Å². The first-order valence-corrected chi connectivity index (χ1v) is 5.58. The van der Waals surface area contributed by atoms with E-state index in [4.69, 9.17) is 17.3 Å². The highest BCUT2D eigenvalue weighted by Gasteiger charge is 2.04. The van der Waals surface area contributed by atoms with Gasteiger partial charge in [-0.25, -0.2) is 0 Å². The number of halogens is 1. The third-order valence-corrected chi connectivity index (χ3v) is 3.29. The molecule has 0 saturated heterocycles. The zero-order chi connectivity index (χ0) is 9.97. The van der Waals surface area contributed by atoms with Crippen molar-refractivity contribution < 1.29 is 0 Å². The van der Waals surface area contributed by atoms with E-state index in [-0.39, 0.29) is 0 Å². The molecule has 0 aliphatic rings. The average Bonchev–Trinajstić information content (AvgIpc) is 2.66. The van der Waals surface area contributed by atoms with Crippen molar-refractivity contribution in [3.8, 4) is 0 Å². The van der Waals surface area contributed by atoms with E-state index in [9.17, 15) is 0 Å². The van der Waals surface area contributed by atoms with Crippen LogP contribution in [0.25, 0.3) is 0 Å². The minimum atomic E-state index is 0.638. The number of thiophene rings is 1. The van der Waals surface area contributed by atoms with Gasteiger partial charge in [0.2, 0.25) is 0 Å². The lowest BCUT2D eigenvalue weighted by Crippen LogP contribution is -1.94. The number of hydrogen-bond acceptors (Lipinski definition) is 2. The fourth-order valence-electron chi connectivity index (χ4n) is 1.34. The Kier molecular flexibility index (Phi) is 2.75. The molecule has 0 unspecified atom stereocenters. The molecule has 1 nitrogen and oxygen atoms in total. The lowest BCUT2D eigenvalue weighted by molar-refractivity contribution is 1.25. The first kappa shape index (κ1) is 9.56. The van der Waals surface area contributed by atoms with Crippen molar-refractivity contribution in [2.24, 2.45) is 0 Å². The molecule has 14 heavy (non-hydrogen) atoms. The van der Waals surface area contributed by atoms with Crippen molar-refractivity contribution in [2.75, 3.05) is 5.73 Å². The summed E-state index contributed by atoms with van der Waals surface area (Å²) in [6.07, 6.45) is 0.865. The van der Waals surface area contributed by atoms with Crippen LogP contribution >= 0.6 is 22.9 Å². The van der Waals surface area contributed by atoms with Crippen LogP contribution in [0.4, 0.5) is 5.69 Å². The van der Waals surface area contributed by atoms with Crippen molar-refractivity contribution in [1.29, 1.82) is 0 Å². The van der Waals surface area contributed by atoms with E-state index in [0.717, 1.165) is 12.0 Å². The monoisotopic (exact) mass is 223 g/mol. The molecule has 1 heterocycles. The van der Waals surface area contributed by atoms with Gasteiger partial charge >= 0.3 is 0 Å². The lowest BCUT2D eigenvalue weighted by atomic mass is 10.1. The molecule has 2 N–H and O–H groups in total. The quantitative estimate of drug-likeness (QED) is 0.774. The van der Waals surface area contributed by atoms with Crippen molar-refractivity contribution in [3.63, 3.8) is 0 Å². The maximum atomic E-state index is 5.93. The number of rotatable bonds is 2. The second-order valence-electron chi connectivity index (χ2n) is 3.07. The van der Waals surface area contributed by atoms with Crippen molar-refractivity contribution in [1.82, 2.24) is 0 Å². The number of hydrogen-bond donors (Lipinski definition) is 1. The van der Waals surface area contributed by atoms with E-state index in [1.165, 1.54) is 4.88 Å². The Morgan fingerprint density at radius 1 is 1.21 bits per heavy atom. The minimum absolute atomic E-state index is 0.638. The van der Waals surface area contributed by atoms with Crippen LogP contribution in [0, 0.1) is 0 Å². The smallest absolute Gasteiger partial charge is 0.0638 e. The third-order valence-electron chi connectivity index (χ3n) is 2.09. The Morgan fingerprint density at radius 3 is 2.79 bits per heavy atom. The summed E-state index contributed by atoms with van der Waals surface area (Å²) in [4.78, 5) is 1.30. The van der Waals surface area contributed by atoms with Gasteiger partial charge in [-0.05, 0) is 23.1 Å². The van der Waals surface area contributed by atoms with Gasteiger partial charge in [-0.3, -0.25) is 0 Å². The Morgan fingerprint density at radius 2 is 2.07 bits per heavy atom. The topological polar surface area (TPSA) is 26.0 Å². The van der Waals surface area contributed by atoms with Gasteiger partial charge in [0.05, 0.1) is 10.7 Å². The van der Waals surface area contributed by atoms with E-state index < -0.39 is 0 Å². The summed E-state index contributed by atoms with van der Waals surface area (Å²) in [7, 11) is 0. The highest BCUT2D eigenvalue weighted by molar-refractivity contribution is 7.09. The fraction of sp³-hybridized carbons (Fsp3) is 0.0909. The number of nitrogens with two attached hydrogens (primary N) is 1. The van der Waals surface area contributed by atoms with Crippen LogP contribution in [0.5, 0.6) is 0 Å². The van der Waals surface area contributed by atoms with Crippen molar-refractivity contribution >= 4 is 28.6 Å². The number of para-hydroxylation sites is 1. The summed E-state index contributed by atoms with van der Waals surface area (Å²) in [6, 6.07) is 9.91. The standard InChI is InChI=1S/C11H10ClNS/c12-10-5-1-3-8(11(10)13)7-9-4-2-6-14-9/h1-6H,7,13H2. The van der Waals surface area contributed by atoms with Gasteiger partial charge < -0.3 is 5.73 Å². The van der Waals surface area contributed by atoms with Crippen molar-refractivity contribution in [2.45, 2.75) is 6.42 Å². The summed E-state index contributed by atoms with van der Waals surface area (Å²) in [5.41, 5.74) is 7.67. The fourth-order valence-corrected chi connectivity index (χ4v) is 2.26. The van der Waals surface area contributed by atoms with Crippen LogP contribution in [-0.4, -0.2) is 0 Å². The second kappa shape index (κ2) is 4.03. The van der Waals surface area contributed by atoms with E-state index in [1.54, 1.807) is 11.3 Å². The molecule has 2 rings (SSSR count). The Labute approximate surface area is 92.1 Å². The molecule has 0 atom stereocenters. The Balaban J connectivity index is 2.29. The molecule has 0 bridgehead atoms. The first-order chi connectivity index (χ1) is 6.77. The minimum Gasteiger partial charge on any atom is -0.397 e. The summed E-state index contributed by atoms with van der Waals surface area (Å²) in [6.45, 7) is 0. The molecule has 0 spiro atoms. The van der Waals surface area contributed by atoms with Gasteiger partial charge in [0.1, 0.15) is 0 Å². The van der Waals surface area contributed by atoms with Crippen LogP contribution in [-0.2, 0) is 6.42 Å². The molecule has 72 valence electrons. The summed E-state index contributed by atoms with van der Waals surface area (Å²) in [5, 5.41) is 2.70. The number of anilines is 1. The van der Waals surface area contributed by atoms with Gasteiger partial charge in [-0.2, -0.15) is 0 Å². The molecular formula is C11H10ClNS. The van der Waals surface area contributed by atoms with Gasteiger partial charge in [0.25, 0.3) is 0 Å². The van der Waals surface area contributed by atoms with Crippen LogP contribution in [0.2, 0.25) is 5.02 Å². The van der Waals surface area contributed by atoms with Gasteiger partial charge in [-0.1, -0.05) is 29.8 Å². The Bertz CT molecular complexity index is 423. The second-order valence-corrected chi connectivity index (χ2v) is 4.51. The first-order valence-electron chi connectivity index (χ1n) is 4.32. The molecule has 0 saturated carbocycles. The average molecular weight is 224 g/mol. The van der Waals surface area contributed by atoms with Gasteiger partial charge in [0, 0.05) is 11.3 Å². The SMILES string of the molecule is Nc1c(Cl)cccc1Cc1cccs1. The third kappa shape index (κ3) is 1.91. The zero-order valence-corrected chi connectivity index (χ0v) is 9.11. The van der Waals surface area contributed by atoms with E-state index in [1.807, 2.05) is 24.3 Å². The highest BCUT2D eigenvalue weighted by Crippen LogP contribution is 2.25. The highest BCUT2D eigenvalue weighted by atomic mass is 35.5. The predicted molar refractivity (Wildman–Crippen MR) is 63.0 cm³/mol. The molecule has 1 aromatic heterocycles. The molecule has 1 aromatic carbocycles. The summed E-state index contributed by atoms with van der Waals surface area (Å²) >= 11 is 7.67. The molecule has 2 aromatic rings. The van der Waals surface area contributed by atoms with Crippen molar-refractivity contribution in [3.05, 3.63) is 51.2 Å².